The molecule has 1 aromatic carbocycles. The van der Waals surface area contributed by atoms with E-state index in [-0.39, 0.29) is 5.04 Å². The van der Waals surface area contributed by atoms with Crippen LogP contribution in [0.2, 0.25) is 33.2 Å². The monoisotopic (exact) mass is 466 g/mol. The zero-order chi connectivity index (χ0) is 21.8. The van der Waals surface area contributed by atoms with Gasteiger partial charge in [-0.15, -0.1) is 6.58 Å². The van der Waals surface area contributed by atoms with E-state index in [1.54, 1.807) is 18.2 Å². The lowest BCUT2D eigenvalue weighted by Crippen LogP contribution is -2.52. The fourth-order valence-electron chi connectivity index (χ4n) is 2.50. The molecule has 0 aliphatic rings. The third-order valence-electron chi connectivity index (χ3n) is 5.47. The quantitative estimate of drug-likeness (QED) is 0.223. The van der Waals surface area contributed by atoms with Crippen molar-refractivity contribution in [3.63, 3.8) is 0 Å². The zero-order valence-corrected chi connectivity index (χ0v) is 21.0. The molecule has 0 heterocycles. The van der Waals surface area contributed by atoms with Crippen LogP contribution in [0.25, 0.3) is 0 Å². The minimum atomic E-state index is -2.04. The number of hydrogen-bond donors (Lipinski definition) is 1. The highest BCUT2D eigenvalue weighted by Crippen LogP contribution is 2.40. The van der Waals surface area contributed by atoms with Crippen LogP contribution in [-0.4, -0.2) is 31.7 Å². The second-order valence-electron chi connectivity index (χ2n) is 8.81. The molecule has 0 fully saturated rings. The minimum Gasteiger partial charge on any atom is -0.406 e. The van der Waals surface area contributed by atoms with E-state index in [1.807, 2.05) is 6.92 Å². The van der Waals surface area contributed by atoms with Crippen LogP contribution in [0.4, 0.5) is 0 Å². The van der Waals surface area contributed by atoms with E-state index in [4.69, 9.17) is 44.0 Å². The molecule has 0 aliphatic carbocycles. The topological polar surface area (TPSA) is 38.7 Å². The number of halogens is 3. The molecule has 1 aromatic rings. The van der Waals surface area contributed by atoms with Crippen molar-refractivity contribution in [2.75, 3.05) is 6.61 Å². The number of aliphatic hydroxyl groups excluding tert-OH is 1. The molecule has 0 spiro atoms. The van der Waals surface area contributed by atoms with Crippen LogP contribution in [0.15, 0.2) is 24.8 Å². The molecule has 0 radical (unpaired) electrons. The second-order valence-corrected chi connectivity index (χ2v) is 14.8. The summed E-state index contributed by atoms with van der Waals surface area (Å²) in [6.07, 6.45) is 2.27. The Morgan fingerprint density at radius 2 is 1.68 bits per heavy atom. The third-order valence-corrected chi connectivity index (χ3v) is 10.9. The molecule has 160 valence electrons. The predicted octanol–water partition coefficient (Wildman–Crippen LogP) is 7.27. The molecule has 0 bridgehead atoms. The average molecular weight is 468 g/mol. The number of hydrogen-bond acceptors (Lipinski definition) is 3. The van der Waals surface area contributed by atoms with Gasteiger partial charge in [0.2, 0.25) is 0 Å². The molecule has 0 amide bonds. The zero-order valence-electron chi connectivity index (χ0n) is 17.7. The van der Waals surface area contributed by atoms with Crippen LogP contribution in [0.3, 0.4) is 0 Å². The van der Waals surface area contributed by atoms with Crippen molar-refractivity contribution in [3.8, 4) is 0 Å². The van der Waals surface area contributed by atoms with Gasteiger partial charge < -0.3 is 14.3 Å². The van der Waals surface area contributed by atoms with Gasteiger partial charge in [0.05, 0.1) is 18.3 Å². The van der Waals surface area contributed by atoms with Crippen molar-refractivity contribution < 1.29 is 14.3 Å². The Balaban J connectivity index is 2.57. The lowest BCUT2D eigenvalue weighted by molar-refractivity contribution is -0.0253. The predicted molar refractivity (Wildman–Crippen MR) is 123 cm³/mol. The first kappa shape index (κ1) is 26.0. The summed E-state index contributed by atoms with van der Waals surface area (Å²) < 4.78 is 12.1. The molecular formula is C21H33Cl3O3Si. The van der Waals surface area contributed by atoms with Gasteiger partial charge in [-0.1, -0.05) is 61.7 Å². The molecule has 7 heteroatoms. The van der Waals surface area contributed by atoms with Crippen LogP contribution in [0.5, 0.6) is 0 Å². The Morgan fingerprint density at radius 1 is 1.14 bits per heavy atom. The van der Waals surface area contributed by atoms with Gasteiger partial charge in [-0.25, -0.2) is 0 Å². The molecule has 0 saturated heterocycles. The van der Waals surface area contributed by atoms with Crippen molar-refractivity contribution in [1.82, 2.24) is 0 Å². The van der Waals surface area contributed by atoms with E-state index in [0.717, 1.165) is 0 Å². The normalized spacial score (nSPS) is 15.9. The van der Waals surface area contributed by atoms with Crippen LogP contribution < -0.4 is 0 Å². The fourth-order valence-corrected chi connectivity index (χ4v) is 5.05. The lowest BCUT2D eigenvalue weighted by Gasteiger charge is -2.44. The number of ether oxygens (including phenoxy) is 1. The Hall–Kier alpha value is -0.0731. The van der Waals surface area contributed by atoms with Gasteiger partial charge in [0, 0.05) is 27.2 Å². The first-order valence-electron chi connectivity index (χ1n) is 9.46. The minimum absolute atomic E-state index is 0.0528. The summed E-state index contributed by atoms with van der Waals surface area (Å²) in [6, 6.07) is 3.29. The number of rotatable bonds is 10. The Morgan fingerprint density at radius 3 is 2.14 bits per heavy atom. The third kappa shape index (κ3) is 7.01. The van der Waals surface area contributed by atoms with Gasteiger partial charge in [0.1, 0.15) is 0 Å². The van der Waals surface area contributed by atoms with Crippen molar-refractivity contribution in [2.45, 2.75) is 77.0 Å². The van der Waals surface area contributed by atoms with Gasteiger partial charge in [0.15, 0.2) is 8.32 Å². The van der Waals surface area contributed by atoms with Crippen LogP contribution in [0, 0.1) is 0 Å². The first-order valence-corrected chi connectivity index (χ1v) is 13.5. The maximum Gasteiger partial charge on any atom is 0.193 e. The molecule has 2 atom stereocenters. The van der Waals surface area contributed by atoms with Crippen molar-refractivity contribution in [2.24, 2.45) is 0 Å². The summed E-state index contributed by atoms with van der Waals surface area (Å²) in [5, 5.41) is 12.3. The van der Waals surface area contributed by atoms with Gasteiger partial charge in [-0.2, -0.15) is 0 Å². The Labute approximate surface area is 186 Å². The molecule has 1 N–H and O–H groups in total. The molecule has 0 aliphatic heterocycles. The summed E-state index contributed by atoms with van der Waals surface area (Å²) in [6.45, 7) is 17.4. The fraction of sp³-hybridized carbons (Fsp3) is 0.619. The molecular weight excluding hydrogens is 435 g/mol. The van der Waals surface area contributed by atoms with E-state index >= 15 is 0 Å². The highest BCUT2D eigenvalue weighted by atomic mass is 35.5. The maximum atomic E-state index is 10.7. The van der Waals surface area contributed by atoms with Crippen molar-refractivity contribution in [3.05, 3.63) is 45.4 Å². The largest absolute Gasteiger partial charge is 0.406 e. The van der Waals surface area contributed by atoms with Gasteiger partial charge in [-0.3, -0.25) is 0 Å². The van der Waals surface area contributed by atoms with E-state index in [1.165, 1.54) is 0 Å². The van der Waals surface area contributed by atoms with E-state index < -0.39 is 20.0 Å². The lowest BCUT2D eigenvalue weighted by atomic mass is 9.96. The number of aliphatic hydroxyl groups is 1. The van der Waals surface area contributed by atoms with Crippen molar-refractivity contribution >= 4 is 43.1 Å². The maximum absolute atomic E-state index is 10.7. The second kappa shape index (κ2) is 10.3. The van der Waals surface area contributed by atoms with Gasteiger partial charge in [-0.05, 0) is 50.0 Å². The molecule has 28 heavy (non-hydrogen) atoms. The molecule has 0 aromatic heterocycles. The van der Waals surface area contributed by atoms with Crippen LogP contribution in [0.1, 0.15) is 46.1 Å². The van der Waals surface area contributed by atoms with Gasteiger partial charge >= 0.3 is 0 Å². The SMILES string of the molecule is C=C[C@](C)(O[Si](C)(C)C(C)(C)C)[C@H](O)CCCOCc1c(Cl)cc(Cl)cc1Cl. The summed E-state index contributed by atoms with van der Waals surface area (Å²) in [4.78, 5) is 0. The first-order chi connectivity index (χ1) is 12.7. The molecule has 1 rings (SSSR count). The summed E-state index contributed by atoms with van der Waals surface area (Å²) in [5.41, 5.74) is -0.0725. The van der Waals surface area contributed by atoms with Crippen LogP contribution >= 0.6 is 34.8 Å². The highest BCUT2D eigenvalue weighted by Gasteiger charge is 2.44. The summed E-state index contributed by atoms with van der Waals surface area (Å²) in [7, 11) is -2.04. The van der Waals surface area contributed by atoms with Crippen LogP contribution in [-0.2, 0) is 15.8 Å². The van der Waals surface area contributed by atoms with E-state index in [2.05, 4.69) is 40.4 Å². The summed E-state index contributed by atoms with van der Waals surface area (Å²) >= 11 is 18.2. The standard InChI is InChI=1S/C21H33Cl3O3Si/c1-8-21(5,27-28(6,7)20(2,3)4)19(25)10-9-11-26-14-16-17(23)12-15(22)13-18(16)24/h8,12-13,19,25H,1,9-11,14H2,2-7H3/t19-,21+/m1/s1. The van der Waals surface area contributed by atoms with E-state index in [0.29, 0.717) is 46.7 Å². The van der Waals surface area contributed by atoms with Crippen molar-refractivity contribution in [1.29, 1.82) is 0 Å². The summed E-state index contributed by atoms with van der Waals surface area (Å²) in [5.74, 6) is 0. The number of benzene rings is 1. The molecule has 3 nitrogen and oxygen atoms in total. The molecule has 0 unspecified atom stereocenters. The van der Waals surface area contributed by atoms with Gasteiger partial charge in [0.25, 0.3) is 0 Å². The highest BCUT2D eigenvalue weighted by molar-refractivity contribution is 6.74. The Kier molecular flexibility index (Phi) is 9.55. The Bertz CT molecular complexity index is 650. The molecule has 0 saturated carbocycles. The smallest absolute Gasteiger partial charge is 0.193 e. The average Bonchev–Trinajstić information content (AvgIpc) is 2.54. The van der Waals surface area contributed by atoms with E-state index in [9.17, 15) is 5.11 Å².